The van der Waals surface area contributed by atoms with Crippen molar-refractivity contribution in [3.63, 3.8) is 0 Å². The molecule has 3 amide bonds. The summed E-state index contributed by atoms with van der Waals surface area (Å²) in [6, 6.07) is 23.0. The van der Waals surface area contributed by atoms with Gasteiger partial charge in [0.25, 0.3) is 5.91 Å². The number of terminal acetylenes is 1. The van der Waals surface area contributed by atoms with Crippen molar-refractivity contribution in [2.45, 2.75) is 58.3 Å². The van der Waals surface area contributed by atoms with E-state index < -0.39 is 35.6 Å². The third-order valence-electron chi connectivity index (χ3n) is 6.03. The van der Waals surface area contributed by atoms with Crippen molar-refractivity contribution >= 4 is 17.9 Å². The van der Waals surface area contributed by atoms with Gasteiger partial charge in [0, 0.05) is 24.6 Å². The SMILES string of the molecule is C#CN(C(=O)C(Cc1ccccc1)NC(=O)OC(C)(C)C)C(C(=O)NCc1ccccc1)c1cccc(C)c1O. The van der Waals surface area contributed by atoms with Gasteiger partial charge in [-0.25, -0.2) is 4.79 Å². The number of aromatic hydroxyl groups is 1. The van der Waals surface area contributed by atoms with E-state index in [4.69, 9.17) is 11.2 Å². The molecule has 0 aliphatic carbocycles. The number of carbonyl (C=O) groups excluding carboxylic acids is 3. The number of amides is 3. The van der Waals surface area contributed by atoms with Crippen LogP contribution in [-0.4, -0.2) is 39.6 Å². The number of hydrogen-bond acceptors (Lipinski definition) is 5. The Hall–Kier alpha value is -4.77. The van der Waals surface area contributed by atoms with Gasteiger partial charge in [0.15, 0.2) is 6.04 Å². The van der Waals surface area contributed by atoms with E-state index in [9.17, 15) is 19.5 Å². The number of nitrogens with zero attached hydrogens (tertiary/aromatic N) is 1. The highest BCUT2D eigenvalue weighted by atomic mass is 16.6. The number of nitrogens with one attached hydrogen (secondary N) is 2. The molecule has 8 nitrogen and oxygen atoms in total. The first-order valence-corrected chi connectivity index (χ1v) is 12.9. The van der Waals surface area contributed by atoms with Crippen molar-refractivity contribution in [3.05, 3.63) is 101 Å². The first kappa shape index (κ1) is 29.8. The maximum absolute atomic E-state index is 14.0. The third-order valence-corrected chi connectivity index (χ3v) is 6.03. The number of aryl methyl sites for hydroxylation is 1. The molecule has 0 saturated carbocycles. The van der Waals surface area contributed by atoms with Crippen LogP contribution in [-0.2, 0) is 27.3 Å². The lowest BCUT2D eigenvalue weighted by Crippen LogP contribution is -2.52. The summed E-state index contributed by atoms with van der Waals surface area (Å²) in [6.07, 6.45) is 5.15. The summed E-state index contributed by atoms with van der Waals surface area (Å²) in [7, 11) is 0. The van der Waals surface area contributed by atoms with Gasteiger partial charge in [-0.05, 0) is 44.4 Å². The quantitative estimate of drug-likeness (QED) is 0.271. The highest BCUT2D eigenvalue weighted by molar-refractivity contribution is 5.94. The first-order valence-electron chi connectivity index (χ1n) is 12.9. The summed E-state index contributed by atoms with van der Waals surface area (Å²) in [5.41, 5.74) is 1.47. The summed E-state index contributed by atoms with van der Waals surface area (Å²) >= 11 is 0. The van der Waals surface area contributed by atoms with Gasteiger partial charge < -0.3 is 20.5 Å². The van der Waals surface area contributed by atoms with Gasteiger partial charge in [-0.2, -0.15) is 0 Å². The van der Waals surface area contributed by atoms with E-state index >= 15 is 0 Å². The topological polar surface area (TPSA) is 108 Å². The van der Waals surface area contributed by atoms with Crippen LogP contribution in [0.2, 0.25) is 0 Å². The minimum absolute atomic E-state index is 0.0925. The average molecular weight is 542 g/mol. The fraction of sp³-hybridized carbons (Fsp3) is 0.281. The van der Waals surface area contributed by atoms with Crippen LogP contribution in [0.25, 0.3) is 0 Å². The molecular formula is C32H35N3O5. The van der Waals surface area contributed by atoms with Crippen molar-refractivity contribution in [2.24, 2.45) is 0 Å². The van der Waals surface area contributed by atoms with Crippen LogP contribution in [0.15, 0.2) is 78.9 Å². The number of benzene rings is 3. The van der Waals surface area contributed by atoms with Crippen LogP contribution in [0.4, 0.5) is 4.79 Å². The first-order chi connectivity index (χ1) is 19.0. The van der Waals surface area contributed by atoms with Gasteiger partial charge >= 0.3 is 6.09 Å². The molecule has 2 unspecified atom stereocenters. The Morgan fingerprint density at radius 1 is 0.950 bits per heavy atom. The van der Waals surface area contributed by atoms with Crippen LogP contribution < -0.4 is 10.6 Å². The van der Waals surface area contributed by atoms with Crippen molar-refractivity contribution in [3.8, 4) is 18.2 Å². The zero-order chi connectivity index (χ0) is 29.3. The number of hydrogen-bond donors (Lipinski definition) is 3. The minimum atomic E-state index is -1.38. The largest absolute Gasteiger partial charge is 0.507 e. The molecule has 3 aromatic carbocycles. The normalized spacial score (nSPS) is 12.4. The van der Waals surface area contributed by atoms with Crippen molar-refractivity contribution < 1.29 is 24.2 Å². The molecule has 40 heavy (non-hydrogen) atoms. The molecule has 0 aliphatic rings. The summed E-state index contributed by atoms with van der Waals surface area (Å²) in [6.45, 7) is 6.99. The summed E-state index contributed by atoms with van der Waals surface area (Å²) in [4.78, 5) is 41.3. The Kier molecular flexibility index (Phi) is 9.93. The van der Waals surface area contributed by atoms with Gasteiger partial charge in [-0.3, -0.25) is 14.5 Å². The fourth-order valence-corrected chi connectivity index (χ4v) is 4.11. The van der Waals surface area contributed by atoms with Crippen LogP contribution >= 0.6 is 0 Å². The number of para-hydroxylation sites is 1. The van der Waals surface area contributed by atoms with E-state index in [-0.39, 0.29) is 24.3 Å². The van der Waals surface area contributed by atoms with Gasteiger partial charge in [0.1, 0.15) is 17.4 Å². The second kappa shape index (κ2) is 13.3. The number of rotatable bonds is 9. The number of phenolic OH excluding ortho intramolecular Hbond substituents is 1. The molecule has 2 atom stereocenters. The Labute approximate surface area is 235 Å². The monoisotopic (exact) mass is 541 g/mol. The van der Waals surface area contributed by atoms with Gasteiger partial charge in [0.05, 0.1) is 0 Å². The molecule has 0 radical (unpaired) electrons. The summed E-state index contributed by atoms with van der Waals surface area (Å²) in [5.74, 6) is -1.46. The molecule has 0 heterocycles. The average Bonchev–Trinajstić information content (AvgIpc) is 2.91. The van der Waals surface area contributed by atoms with Gasteiger partial charge in [-0.15, -0.1) is 0 Å². The van der Waals surface area contributed by atoms with Crippen molar-refractivity contribution in [1.29, 1.82) is 0 Å². The second-order valence-corrected chi connectivity index (χ2v) is 10.3. The zero-order valence-electron chi connectivity index (χ0n) is 23.2. The molecular weight excluding hydrogens is 506 g/mol. The lowest BCUT2D eigenvalue weighted by molar-refractivity contribution is -0.138. The van der Waals surface area contributed by atoms with E-state index in [2.05, 4.69) is 16.7 Å². The van der Waals surface area contributed by atoms with Crippen LogP contribution in [0.5, 0.6) is 5.75 Å². The Bertz CT molecular complexity index is 1360. The summed E-state index contributed by atoms with van der Waals surface area (Å²) < 4.78 is 5.39. The summed E-state index contributed by atoms with van der Waals surface area (Å²) in [5, 5.41) is 16.3. The molecule has 0 bridgehead atoms. The maximum atomic E-state index is 14.0. The van der Waals surface area contributed by atoms with Crippen LogP contribution in [0.1, 0.15) is 49.1 Å². The lowest BCUT2D eigenvalue weighted by Gasteiger charge is -2.31. The smallest absolute Gasteiger partial charge is 0.408 e. The van der Waals surface area contributed by atoms with E-state index in [1.807, 2.05) is 60.7 Å². The number of carbonyl (C=O) groups is 3. The third kappa shape index (κ3) is 8.11. The van der Waals surface area contributed by atoms with E-state index in [0.29, 0.717) is 5.56 Å². The fourth-order valence-electron chi connectivity index (χ4n) is 4.11. The molecule has 8 heteroatoms. The molecule has 3 aromatic rings. The van der Waals surface area contributed by atoms with E-state index in [1.54, 1.807) is 45.9 Å². The predicted molar refractivity (Wildman–Crippen MR) is 153 cm³/mol. The number of ether oxygens (including phenoxy) is 1. The molecule has 208 valence electrons. The number of phenols is 1. The number of alkyl carbamates (subject to hydrolysis) is 1. The highest BCUT2D eigenvalue weighted by Gasteiger charge is 2.37. The molecule has 0 aromatic heterocycles. The van der Waals surface area contributed by atoms with Crippen LogP contribution in [0, 0.1) is 19.4 Å². The Balaban J connectivity index is 1.99. The highest BCUT2D eigenvalue weighted by Crippen LogP contribution is 2.32. The van der Waals surface area contributed by atoms with E-state index in [0.717, 1.165) is 16.0 Å². The Morgan fingerprint density at radius 3 is 2.12 bits per heavy atom. The molecule has 0 aliphatic heterocycles. The van der Waals surface area contributed by atoms with E-state index in [1.165, 1.54) is 0 Å². The van der Waals surface area contributed by atoms with Crippen molar-refractivity contribution in [2.75, 3.05) is 0 Å². The molecule has 3 N–H and O–H groups in total. The Morgan fingerprint density at radius 2 is 1.55 bits per heavy atom. The molecule has 0 fully saturated rings. The van der Waals surface area contributed by atoms with Crippen LogP contribution in [0.3, 0.4) is 0 Å². The predicted octanol–water partition coefficient (Wildman–Crippen LogP) is 4.61. The lowest BCUT2D eigenvalue weighted by atomic mass is 9.98. The molecule has 0 spiro atoms. The van der Waals surface area contributed by atoms with Crippen molar-refractivity contribution in [1.82, 2.24) is 15.5 Å². The zero-order valence-corrected chi connectivity index (χ0v) is 23.2. The molecule has 3 rings (SSSR count). The maximum Gasteiger partial charge on any atom is 0.408 e. The van der Waals surface area contributed by atoms with Gasteiger partial charge in [-0.1, -0.05) is 85.3 Å². The standard InChI is InChI=1S/C32H35N3O5/c1-6-35(30(38)26(20-23-15-9-7-10-16-23)34-31(39)40-32(3,4)5)27(25-19-13-14-22(2)28(25)36)29(37)33-21-24-17-11-8-12-18-24/h1,7-19,26-27,36H,20-21H2,2-5H3,(H,33,37)(H,34,39). The van der Waals surface area contributed by atoms with Gasteiger partial charge in [0.2, 0.25) is 5.91 Å². The second-order valence-electron chi connectivity index (χ2n) is 10.3. The molecule has 0 saturated heterocycles. The minimum Gasteiger partial charge on any atom is -0.507 e.